The number of amides is 1. The van der Waals surface area contributed by atoms with Gasteiger partial charge in [0.05, 0.1) is 12.6 Å². The molecule has 25 heavy (non-hydrogen) atoms. The monoisotopic (exact) mass is 361 g/mol. The minimum absolute atomic E-state index is 0. The first-order valence-electron chi connectivity index (χ1n) is 7.76. The van der Waals surface area contributed by atoms with Crippen LogP contribution in [0.4, 0.5) is 0 Å². The Morgan fingerprint density at radius 3 is 2.80 bits per heavy atom. The summed E-state index contributed by atoms with van der Waals surface area (Å²) in [5.74, 6) is 0.518. The summed E-state index contributed by atoms with van der Waals surface area (Å²) in [6, 6.07) is 9.20. The molecule has 0 bridgehead atoms. The van der Waals surface area contributed by atoms with Crippen molar-refractivity contribution in [3.05, 3.63) is 42.4 Å². The molecule has 0 aliphatic heterocycles. The predicted octanol–water partition coefficient (Wildman–Crippen LogP) is 2.31. The molecule has 7 nitrogen and oxygen atoms in total. The van der Waals surface area contributed by atoms with E-state index < -0.39 is 6.04 Å². The van der Waals surface area contributed by atoms with Crippen LogP contribution >= 0.6 is 12.4 Å². The quantitative estimate of drug-likeness (QED) is 0.722. The standard InChI is InChI=1S/C17H19N5O2.ClH/c1-10(2)14(18)17(23)20-9-13-21-16(22-24-13)15-12-6-4-3-5-11(12)7-8-19-15;/h3-8,10,14H,9,18H2,1-2H3,(H,20,23);1H/t14-;/m0./s1. The number of nitrogens with two attached hydrogens (primary N) is 1. The van der Waals surface area contributed by atoms with Crippen LogP contribution in [0.1, 0.15) is 19.7 Å². The maximum atomic E-state index is 11.9. The molecule has 0 saturated carbocycles. The fourth-order valence-electron chi connectivity index (χ4n) is 2.30. The van der Waals surface area contributed by atoms with Gasteiger partial charge < -0.3 is 15.6 Å². The minimum Gasteiger partial charge on any atom is -0.346 e. The van der Waals surface area contributed by atoms with Crippen LogP contribution in [0.2, 0.25) is 0 Å². The number of aromatic nitrogens is 3. The average Bonchev–Trinajstić information content (AvgIpc) is 3.07. The number of benzene rings is 1. The second kappa shape index (κ2) is 8.04. The molecule has 2 heterocycles. The van der Waals surface area contributed by atoms with E-state index in [1.54, 1.807) is 6.20 Å². The average molecular weight is 362 g/mol. The highest BCUT2D eigenvalue weighted by Gasteiger charge is 2.18. The minimum atomic E-state index is -0.563. The first kappa shape index (κ1) is 18.8. The zero-order chi connectivity index (χ0) is 17.1. The molecule has 1 amide bonds. The van der Waals surface area contributed by atoms with E-state index in [2.05, 4.69) is 20.4 Å². The van der Waals surface area contributed by atoms with Gasteiger partial charge in [-0.2, -0.15) is 4.98 Å². The summed E-state index contributed by atoms with van der Waals surface area (Å²) in [4.78, 5) is 20.5. The number of hydrogen-bond donors (Lipinski definition) is 2. The Hall–Kier alpha value is -2.51. The molecule has 1 atom stereocenters. The fraction of sp³-hybridized carbons (Fsp3) is 0.294. The molecule has 8 heteroatoms. The maximum absolute atomic E-state index is 11.9. The number of nitrogens with one attached hydrogen (secondary N) is 1. The van der Waals surface area contributed by atoms with Crippen molar-refractivity contribution in [3.63, 3.8) is 0 Å². The van der Waals surface area contributed by atoms with Crippen molar-refractivity contribution in [2.45, 2.75) is 26.4 Å². The second-order valence-corrected chi connectivity index (χ2v) is 5.88. The Bertz CT molecular complexity index is 860. The largest absolute Gasteiger partial charge is 0.346 e. The molecule has 0 spiro atoms. The molecular formula is C17H20ClN5O2. The highest BCUT2D eigenvalue weighted by Crippen LogP contribution is 2.23. The van der Waals surface area contributed by atoms with Gasteiger partial charge in [-0.3, -0.25) is 9.78 Å². The van der Waals surface area contributed by atoms with Gasteiger partial charge in [0, 0.05) is 11.6 Å². The highest BCUT2D eigenvalue weighted by molar-refractivity contribution is 5.92. The molecule has 0 fully saturated rings. The lowest BCUT2D eigenvalue weighted by atomic mass is 10.1. The molecular weight excluding hydrogens is 342 g/mol. The lowest BCUT2D eigenvalue weighted by molar-refractivity contribution is -0.123. The van der Waals surface area contributed by atoms with E-state index in [9.17, 15) is 4.79 Å². The molecule has 0 saturated heterocycles. The number of halogens is 1. The van der Waals surface area contributed by atoms with Crippen LogP contribution in [0.3, 0.4) is 0 Å². The highest BCUT2D eigenvalue weighted by atomic mass is 35.5. The van der Waals surface area contributed by atoms with E-state index in [4.69, 9.17) is 10.3 Å². The van der Waals surface area contributed by atoms with Crippen molar-refractivity contribution in [2.75, 3.05) is 0 Å². The van der Waals surface area contributed by atoms with Crippen LogP contribution in [-0.2, 0) is 11.3 Å². The number of fused-ring (bicyclic) bond motifs is 1. The fourth-order valence-corrected chi connectivity index (χ4v) is 2.30. The van der Waals surface area contributed by atoms with Crippen LogP contribution in [0.15, 0.2) is 41.1 Å². The van der Waals surface area contributed by atoms with Crippen LogP contribution in [0.5, 0.6) is 0 Å². The van der Waals surface area contributed by atoms with Gasteiger partial charge in [0.1, 0.15) is 5.69 Å². The SMILES string of the molecule is CC(C)[C@H](N)C(=O)NCc1nc(-c2nccc3ccccc23)no1.Cl. The van der Waals surface area contributed by atoms with Crippen molar-refractivity contribution in [1.82, 2.24) is 20.4 Å². The third-order valence-electron chi connectivity index (χ3n) is 3.79. The van der Waals surface area contributed by atoms with Gasteiger partial charge in [-0.15, -0.1) is 12.4 Å². The van der Waals surface area contributed by atoms with E-state index >= 15 is 0 Å². The predicted molar refractivity (Wildman–Crippen MR) is 96.9 cm³/mol. The van der Waals surface area contributed by atoms with Crippen LogP contribution in [0.25, 0.3) is 22.3 Å². The Labute approximate surface area is 151 Å². The molecule has 3 rings (SSSR count). The number of nitrogens with zero attached hydrogens (tertiary/aromatic N) is 3. The van der Waals surface area contributed by atoms with Crippen molar-refractivity contribution in [3.8, 4) is 11.5 Å². The molecule has 0 unspecified atom stereocenters. The van der Waals surface area contributed by atoms with Gasteiger partial charge >= 0.3 is 0 Å². The van der Waals surface area contributed by atoms with Gasteiger partial charge in [0.25, 0.3) is 0 Å². The third-order valence-corrected chi connectivity index (χ3v) is 3.79. The van der Waals surface area contributed by atoms with Gasteiger partial charge in [-0.05, 0) is 17.4 Å². The van der Waals surface area contributed by atoms with Gasteiger partial charge in [-0.25, -0.2) is 0 Å². The number of carbonyl (C=O) groups is 1. The van der Waals surface area contributed by atoms with E-state index in [1.165, 1.54) is 0 Å². The number of pyridine rings is 1. The van der Waals surface area contributed by atoms with E-state index in [0.29, 0.717) is 17.4 Å². The molecule has 3 aromatic rings. The first-order chi connectivity index (χ1) is 11.6. The van der Waals surface area contributed by atoms with Crippen LogP contribution < -0.4 is 11.1 Å². The van der Waals surface area contributed by atoms with Gasteiger partial charge in [-0.1, -0.05) is 43.3 Å². The maximum Gasteiger partial charge on any atom is 0.246 e. The van der Waals surface area contributed by atoms with Crippen molar-refractivity contribution in [2.24, 2.45) is 11.7 Å². The van der Waals surface area contributed by atoms with E-state index in [0.717, 1.165) is 10.8 Å². The summed E-state index contributed by atoms with van der Waals surface area (Å²) in [5, 5.41) is 8.65. The number of rotatable bonds is 5. The zero-order valence-electron chi connectivity index (χ0n) is 14.0. The number of hydrogen-bond acceptors (Lipinski definition) is 6. The summed E-state index contributed by atoms with van der Waals surface area (Å²) in [5.41, 5.74) is 6.44. The Balaban J connectivity index is 0.00000225. The van der Waals surface area contributed by atoms with E-state index in [-0.39, 0.29) is 30.8 Å². The lowest BCUT2D eigenvalue weighted by Gasteiger charge is -2.14. The lowest BCUT2D eigenvalue weighted by Crippen LogP contribution is -2.43. The third kappa shape index (κ3) is 4.12. The molecule has 3 N–H and O–H groups in total. The van der Waals surface area contributed by atoms with Crippen LogP contribution in [0, 0.1) is 5.92 Å². The van der Waals surface area contributed by atoms with Crippen molar-refractivity contribution in [1.29, 1.82) is 0 Å². The van der Waals surface area contributed by atoms with Gasteiger partial charge in [0.2, 0.25) is 17.6 Å². The summed E-state index contributed by atoms with van der Waals surface area (Å²) >= 11 is 0. The zero-order valence-corrected chi connectivity index (χ0v) is 14.8. The summed E-state index contributed by atoms with van der Waals surface area (Å²) in [6.07, 6.45) is 1.71. The summed E-state index contributed by atoms with van der Waals surface area (Å²) in [7, 11) is 0. The Morgan fingerprint density at radius 1 is 1.28 bits per heavy atom. The second-order valence-electron chi connectivity index (χ2n) is 5.88. The molecule has 2 aromatic heterocycles. The van der Waals surface area contributed by atoms with Gasteiger partial charge in [0.15, 0.2) is 0 Å². The normalized spacial score (nSPS) is 12.0. The molecule has 0 aliphatic carbocycles. The van der Waals surface area contributed by atoms with Crippen LogP contribution in [-0.4, -0.2) is 27.1 Å². The van der Waals surface area contributed by atoms with Crippen molar-refractivity contribution < 1.29 is 9.32 Å². The Morgan fingerprint density at radius 2 is 2.04 bits per heavy atom. The van der Waals surface area contributed by atoms with E-state index in [1.807, 2.05) is 44.2 Å². The Kier molecular flexibility index (Phi) is 6.06. The summed E-state index contributed by atoms with van der Waals surface area (Å²) < 4.78 is 5.20. The molecule has 1 aromatic carbocycles. The summed E-state index contributed by atoms with van der Waals surface area (Å²) in [6.45, 7) is 3.92. The molecule has 0 aliphatic rings. The first-order valence-corrected chi connectivity index (χ1v) is 7.76. The molecule has 132 valence electrons. The smallest absolute Gasteiger partial charge is 0.246 e. The van der Waals surface area contributed by atoms with Crippen molar-refractivity contribution >= 4 is 29.1 Å². The molecule has 0 radical (unpaired) electrons. The topological polar surface area (TPSA) is 107 Å². The number of carbonyl (C=O) groups excluding carboxylic acids is 1.